The molecule has 9 atom stereocenters. The number of rotatable bonds is 13. The van der Waals surface area contributed by atoms with Crippen LogP contribution in [0.5, 0.6) is 0 Å². The number of unbranched alkanes of at least 4 members (excludes halogenated alkanes) is 1. The zero-order valence-electron chi connectivity index (χ0n) is 25.5. The number of aldehydes is 1. The highest BCUT2D eigenvalue weighted by molar-refractivity contribution is 5.90. The number of carbonyl (C=O) groups excluding carboxylic acids is 1. The van der Waals surface area contributed by atoms with Crippen LogP contribution in [-0.4, -0.2) is 79.6 Å². The molecule has 0 radical (unpaired) electrons. The lowest BCUT2D eigenvalue weighted by Crippen LogP contribution is -2.65. The minimum Gasteiger partial charge on any atom is -0.481 e. The smallest absolute Gasteiger partial charge is 0.315 e. The molecule has 1 heterocycles. The van der Waals surface area contributed by atoms with Crippen molar-refractivity contribution in [3.8, 4) is 0 Å². The van der Waals surface area contributed by atoms with Gasteiger partial charge in [-0.2, -0.15) is 0 Å². The number of carboxylic acid groups (broad SMARTS) is 1. The number of allylic oxidation sites excluding steroid dienone is 1. The molecule has 6 nitrogen and oxygen atoms in total. The maximum Gasteiger partial charge on any atom is 0.315 e. The van der Waals surface area contributed by atoms with Crippen LogP contribution in [0.3, 0.4) is 0 Å². The molecule has 0 aromatic rings. The molecule has 1 saturated heterocycles. The van der Waals surface area contributed by atoms with E-state index in [0.29, 0.717) is 18.3 Å². The van der Waals surface area contributed by atoms with Crippen LogP contribution in [-0.2, 0) is 14.3 Å². The van der Waals surface area contributed by atoms with Crippen LogP contribution in [0.4, 0.5) is 0 Å². The van der Waals surface area contributed by atoms with Crippen LogP contribution in [0.1, 0.15) is 85.5 Å². The van der Waals surface area contributed by atoms with E-state index in [-0.39, 0.29) is 30.0 Å². The molecule has 39 heavy (non-hydrogen) atoms. The monoisotopic (exact) mass is 542 g/mol. The van der Waals surface area contributed by atoms with Gasteiger partial charge in [0.25, 0.3) is 0 Å². The van der Waals surface area contributed by atoms with Gasteiger partial charge in [-0.3, -0.25) is 4.79 Å². The van der Waals surface area contributed by atoms with E-state index >= 15 is 0 Å². The molecule has 1 aliphatic heterocycles. The number of hydrogen-bond acceptors (Lipinski definition) is 5. The Morgan fingerprint density at radius 2 is 1.87 bits per heavy atom. The first-order chi connectivity index (χ1) is 18.6. The lowest BCUT2D eigenvalue weighted by Gasteiger charge is -2.60. The van der Waals surface area contributed by atoms with Gasteiger partial charge in [0.1, 0.15) is 11.7 Å². The second-order valence-corrected chi connectivity index (χ2v) is 14.5. The van der Waals surface area contributed by atoms with Crippen molar-refractivity contribution in [3.63, 3.8) is 0 Å². The third kappa shape index (κ3) is 4.13. The summed E-state index contributed by atoms with van der Waals surface area (Å²) in [5, 5.41) is 11.3. The van der Waals surface area contributed by atoms with Gasteiger partial charge in [-0.15, -0.1) is 0 Å². The summed E-state index contributed by atoms with van der Waals surface area (Å²) in [6, 6.07) is 0. The average Bonchev–Trinajstić information content (AvgIpc) is 3.62. The fraction of sp³-hybridized carbons (Fsp3) is 0.879. The van der Waals surface area contributed by atoms with Gasteiger partial charge in [-0.1, -0.05) is 52.2 Å². The number of carboxylic acids is 1. The number of nitrogens with zero attached hydrogens (tertiary/aromatic N) is 2. The largest absolute Gasteiger partial charge is 0.481 e. The summed E-state index contributed by atoms with van der Waals surface area (Å²) in [5.74, 6) is 0.613. The molecular weight excluding hydrogens is 488 g/mol. The molecule has 4 aliphatic carbocycles. The Morgan fingerprint density at radius 3 is 2.51 bits per heavy atom. The Morgan fingerprint density at radius 1 is 1.13 bits per heavy atom. The third-order valence-corrected chi connectivity index (χ3v) is 12.0. The van der Waals surface area contributed by atoms with E-state index in [4.69, 9.17) is 4.74 Å². The summed E-state index contributed by atoms with van der Waals surface area (Å²) in [4.78, 5) is 31.9. The second-order valence-electron chi connectivity index (χ2n) is 14.5. The standard InChI is InChI=1S/C33H54N2O4/c1-7-8-15-35(16-9-14-34(5)6)20-25-11-13-29(39-25)32-19-26-23(4)10-12-27(26)31(21-36)18-24(32)17-28(22(2)3)33(31,32)30(37)38/h17,21-27,29H,7-16,18-20H2,1-6H3,(H,37,38)/t23-,24?,25?,26-,27-,29?,31?,32?,33?/m1/s1. The summed E-state index contributed by atoms with van der Waals surface area (Å²) in [6.45, 7) is 13.0. The molecule has 0 aromatic carbocycles. The zero-order chi connectivity index (χ0) is 28.2. The number of fused-ring (bicyclic) bond motifs is 2. The normalized spacial score (nSPS) is 42.5. The maximum absolute atomic E-state index is 13.8. The molecule has 6 unspecified atom stereocenters. The summed E-state index contributed by atoms with van der Waals surface area (Å²) < 4.78 is 7.05. The van der Waals surface area contributed by atoms with Crippen molar-refractivity contribution in [1.29, 1.82) is 0 Å². The Kier molecular flexibility index (Phi) is 8.16. The highest BCUT2D eigenvalue weighted by Gasteiger charge is 2.86. The number of hydrogen-bond donors (Lipinski definition) is 1. The van der Waals surface area contributed by atoms with Gasteiger partial charge in [0.05, 0.1) is 17.6 Å². The first-order valence-electron chi connectivity index (χ1n) is 16.0. The van der Waals surface area contributed by atoms with Crippen molar-refractivity contribution in [3.05, 3.63) is 11.6 Å². The van der Waals surface area contributed by atoms with Crippen molar-refractivity contribution in [2.24, 2.45) is 45.8 Å². The first-order valence-corrected chi connectivity index (χ1v) is 16.0. The molecule has 6 heteroatoms. The number of carbonyl (C=O) groups is 2. The van der Waals surface area contributed by atoms with Gasteiger partial charge < -0.3 is 24.4 Å². The molecule has 0 amide bonds. The van der Waals surface area contributed by atoms with Gasteiger partial charge >= 0.3 is 5.97 Å². The predicted octanol–water partition coefficient (Wildman–Crippen LogP) is 5.51. The molecule has 0 spiro atoms. The summed E-state index contributed by atoms with van der Waals surface area (Å²) in [6.07, 6.45) is 12.6. The molecule has 4 bridgehead atoms. The fourth-order valence-electron chi connectivity index (χ4n) is 10.6. The molecule has 220 valence electrons. The van der Waals surface area contributed by atoms with Crippen LogP contribution < -0.4 is 0 Å². The number of ether oxygens (including phenoxy) is 1. The summed E-state index contributed by atoms with van der Waals surface area (Å²) in [7, 11) is 4.26. The first kappa shape index (κ1) is 29.3. The van der Waals surface area contributed by atoms with E-state index < -0.39 is 22.2 Å². The summed E-state index contributed by atoms with van der Waals surface area (Å²) in [5.41, 5.74) is -1.41. The fourth-order valence-corrected chi connectivity index (χ4v) is 10.6. The van der Waals surface area contributed by atoms with Crippen LogP contribution in [0, 0.1) is 45.8 Å². The van der Waals surface area contributed by atoms with Gasteiger partial charge in [-0.25, -0.2) is 0 Å². The topological polar surface area (TPSA) is 70.1 Å². The lowest BCUT2D eigenvalue weighted by atomic mass is 9.41. The van der Waals surface area contributed by atoms with Crippen LogP contribution >= 0.6 is 0 Å². The van der Waals surface area contributed by atoms with Crippen LogP contribution in [0.25, 0.3) is 0 Å². The Bertz CT molecular complexity index is 963. The summed E-state index contributed by atoms with van der Waals surface area (Å²) >= 11 is 0. The van der Waals surface area contributed by atoms with E-state index in [1.165, 1.54) is 12.8 Å². The number of aliphatic carboxylic acids is 1. The van der Waals surface area contributed by atoms with E-state index in [1.54, 1.807) is 0 Å². The Balaban J connectivity index is 1.47. The molecule has 3 saturated carbocycles. The maximum atomic E-state index is 13.8. The molecular formula is C33H54N2O4. The highest BCUT2D eigenvalue weighted by atomic mass is 16.5. The molecule has 4 fully saturated rings. The minimum absolute atomic E-state index is 0.0959. The van der Waals surface area contributed by atoms with E-state index in [0.717, 1.165) is 76.6 Å². The highest BCUT2D eigenvalue weighted by Crippen LogP contribution is 2.84. The van der Waals surface area contributed by atoms with E-state index in [1.807, 2.05) is 0 Å². The average molecular weight is 543 g/mol. The molecule has 5 aliphatic rings. The molecule has 5 rings (SSSR count). The Hall–Kier alpha value is -1.24. The van der Waals surface area contributed by atoms with Crippen molar-refractivity contribution < 1.29 is 19.4 Å². The van der Waals surface area contributed by atoms with Crippen molar-refractivity contribution in [1.82, 2.24) is 9.80 Å². The van der Waals surface area contributed by atoms with Gasteiger partial charge in [0, 0.05) is 12.0 Å². The zero-order valence-corrected chi connectivity index (χ0v) is 25.5. The van der Waals surface area contributed by atoms with Crippen molar-refractivity contribution in [2.45, 2.75) is 97.7 Å². The van der Waals surface area contributed by atoms with E-state index in [2.05, 4.69) is 57.7 Å². The van der Waals surface area contributed by atoms with Crippen LogP contribution in [0.2, 0.25) is 0 Å². The predicted molar refractivity (Wildman–Crippen MR) is 154 cm³/mol. The van der Waals surface area contributed by atoms with Gasteiger partial charge in [-0.05, 0) is 108 Å². The quantitative estimate of drug-likeness (QED) is 0.244. The Labute approximate surface area is 236 Å². The van der Waals surface area contributed by atoms with Gasteiger partial charge in [0.15, 0.2) is 0 Å². The molecule has 1 N–H and O–H groups in total. The molecule has 0 aromatic heterocycles. The second kappa shape index (κ2) is 10.9. The van der Waals surface area contributed by atoms with Crippen LogP contribution in [0.15, 0.2) is 11.6 Å². The van der Waals surface area contributed by atoms with Crippen molar-refractivity contribution in [2.75, 3.05) is 40.3 Å². The van der Waals surface area contributed by atoms with Crippen molar-refractivity contribution >= 4 is 12.3 Å². The van der Waals surface area contributed by atoms with Gasteiger partial charge in [0.2, 0.25) is 0 Å². The van der Waals surface area contributed by atoms with E-state index in [9.17, 15) is 14.7 Å². The minimum atomic E-state index is -1.13. The lowest BCUT2D eigenvalue weighted by molar-refractivity contribution is -0.197. The third-order valence-electron chi connectivity index (χ3n) is 12.0. The SMILES string of the molecule is CCCCN(CCCN(C)C)CC1CCC(C23C[C@@H]4[C@H](C)CC[C@H]4C4(C=O)CC2C=C(C(C)C)C34C(=O)O)O1.